The van der Waals surface area contributed by atoms with Crippen LogP contribution in [-0.4, -0.2) is 69.9 Å². The summed E-state index contributed by atoms with van der Waals surface area (Å²) in [5.41, 5.74) is 0. The van der Waals surface area contributed by atoms with Crippen molar-refractivity contribution >= 4 is 11.8 Å². The van der Waals surface area contributed by atoms with Crippen molar-refractivity contribution in [3.63, 3.8) is 0 Å². The van der Waals surface area contributed by atoms with Crippen LogP contribution in [0.25, 0.3) is 0 Å². The van der Waals surface area contributed by atoms with Gasteiger partial charge in [-0.25, -0.2) is 4.98 Å². The first kappa shape index (κ1) is 21.3. The number of amides is 2. The van der Waals surface area contributed by atoms with Gasteiger partial charge in [0.1, 0.15) is 5.82 Å². The average molecular weight is 416 g/mol. The fraction of sp³-hybridized carbons (Fsp3) is 0.783. The highest BCUT2D eigenvalue weighted by Gasteiger charge is 2.32. The molecular weight excluding hydrogens is 378 g/mol. The van der Waals surface area contributed by atoms with Crippen molar-refractivity contribution in [3.8, 4) is 0 Å². The first-order valence-electron chi connectivity index (χ1n) is 11.8. The van der Waals surface area contributed by atoms with E-state index in [9.17, 15) is 9.59 Å². The maximum absolute atomic E-state index is 12.8. The van der Waals surface area contributed by atoms with Crippen molar-refractivity contribution in [2.45, 2.75) is 65.0 Å². The van der Waals surface area contributed by atoms with Crippen LogP contribution < -0.4 is 5.32 Å². The number of carbonyl (C=O) groups excluding carboxylic acids is 2. The zero-order valence-electron chi connectivity index (χ0n) is 18.6. The molecule has 0 aromatic carbocycles. The highest BCUT2D eigenvalue weighted by Crippen LogP contribution is 2.31. The quantitative estimate of drug-likeness (QED) is 0.704. The van der Waals surface area contributed by atoms with Gasteiger partial charge < -0.3 is 19.7 Å². The smallest absolute Gasteiger partial charge is 0.242 e. The Balaban J connectivity index is 1.23. The van der Waals surface area contributed by atoms with Crippen molar-refractivity contribution in [1.82, 2.24) is 24.7 Å². The molecule has 166 valence electrons. The number of nitrogens with one attached hydrogen (secondary N) is 1. The van der Waals surface area contributed by atoms with Crippen molar-refractivity contribution < 1.29 is 9.59 Å². The van der Waals surface area contributed by atoms with Gasteiger partial charge in [-0.1, -0.05) is 13.8 Å². The summed E-state index contributed by atoms with van der Waals surface area (Å²) in [4.78, 5) is 33.9. The Morgan fingerprint density at radius 3 is 2.63 bits per heavy atom. The van der Waals surface area contributed by atoms with Crippen molar-refractivity contribution in [2.75, 3.05) is 32.7 Å². The Morgan fingerprint density at radius 2 is 1.93 bits per heavy atom. The maximum atomic E-state index is 12.8. The molecule has 1 aliphatic carbocycles. The van der Waals surface area contributed by atoms with E-state index in [0.29, 0.717) is 18.4 Å². The number of rotatable bonds is 8. The predicted molar refractivity (Wildman–Crippen MR) is 116 cm³/mol. The summed E-state index contributed by atoms with van der Waals surface area (Å²) in [5.74, 6) is 3.29. The zero-order valence-corrected chi connectivity index (χ0v) is 18.6. The number of likely N-dealkylation sites (tertiary alicyclic amines) is 1. The summed E-state index contributed by atoms with van der Waals surface area (Å²) < 4.78 is 2.33. The van der Waals surface area contributed by atoms with Crippen molar-refractivity contribution in [3.05, 3.63) is 18.2 Å². The van der Waals surface area contributed by atoms with E-state index in [0.717, 1.165) is 57.8 Å². The maximum Gasteiger partial charge on any atom is 0.242 e. The van der Waals surface area contributed by atoms with Crippen LogP contribution >= 0.6 is 0 Å². The van der Waals surface area contributed by atoms with Gasteiger partial charge in [0.05, 0.1) is 12.6 Å². The normalized spacial score (nSPS) is 23.4. The van der Waals surface area contributed by atoms with E-state index in [1.165, 1.54) is 18.7 Å². The zero-order chi connectivity index (χ0) is 21.1. The molecule has 0 unspecified atom stereocenters. The van der Waals surface area contributed by atoms with E-state index >= 15 is 0 Å². The van der Waals surface area contributed by atoms with Crippen LogP contribution in [0.4, 0.5) is 0 Å². The minimum atomic E-state index is -0.142. The monoisotopic (exact) mass is 415 g/mol. The fourth-order valence-corrected chi connectivity index (χ4v) is 4.79. The standard InChI is InChI=1S/C23H37N5O2/c1-17(2)13-20-23(30)28(12-7-24-20)16-22(29)26-9-5-18(6-10-26)14-21-25-8-11-27(21)15-19-3-4-19/h8,11,17-20,24H,3-7,9-10,12-16H2,1-2H3/t20-/m0/s1. The Morgan fingerprint density at radius 1 is 1.17 bits per heavy atom. The molecule has 7 heteroatoms. The third kappa shape index (κ3) is 5.42. The van der Waals surface area contributed by atoms with E-state index in [2.05, 4.69) is 34.9 Å². The molecule has 0 radical (unpaired) electrons. The van der Waals surface area contributed by atoms with Crippen LogP contribution in [0.15, 0.2) is 12.4 Å². The summed E-state index contributed by atoms with van der Waals surface area (Å²) in [6.45, 7) is 8.58. The minimum absolute atomic E-state index is 0.0840. The lowest BCUT2D eigenvalue weighted by molar-refractivity contribution is -0.144. The number of hydrogen-bond acceptors (Lipinski definition) is 4. The molecule has 4 rings (SSSR count). The summed E-state index contributed by atoms with van der Waals surface area (Å²) in [5, 5.41) is 3.31. The van der Waals surface area contributed by atoms with Crippen molar-refractivity contribution in [2.24, 2.45) is 17.8 Å². The molecule has 2 saturated heterocycles. The first-order chi connectivity index (χ1) is 14.5. The molecule has 1 aromatic heterocycles. The number of hydrogen-bond donors (Lipinski definition) is 1. The first-order valence-corrected chi connectivity index (χ1v) is 11.8. The van der Waals surface area contributed by atoms with E-state index < -0.39 is 0 Å². The lowest BCUT2D eigenvalue weighted by Gasteiger charge is -2.36. The molecule has 0 spiro atoms. The Labute approximate surface area is 180 Å². The SMILES string of the molecule is CC(C)C[C@@H]1NCCN(CC(=O)N2CCC(Cc3nccn3CC3CC3)CC2)C1=O. The van der Waals surface area contributed by atoms with E-state index in [4.69, 9.17) is 0 Å². The molecule has 30 heavy (non-hydrogen) atoms. The van der Waals surface area contributed by atoms with Gasteiger partial charge in [-0.2, -0.15) is 0 Å². The third-order valence-electron chi connectivity index (χ3n) is 6.81. The average Bonchev–Trinajstić information content (AvgIpc) is 3.44. The number of imidazole rings is 1. The molecule has 3 aliphatic rings. The highest BCUT2D eigenvalue weighted by molar-refractivity contribution is 5.88. The van der Waals surface area contributed by atoms with Gasteiger partial charge in [-0.3, -0.25) is 9.59 Å². The summed E-state index contributed by atoms with van der Waals surface area (Å²) in [7, 11) is 0. The topological polar surface area (TPSA) is 70.5 Å². The van der Waals surface area contributed by atoms with Gasteiger partial charge >= 0.3 is 0 Å². The molecule has 2 amide bonds. The van der Waals surface area contributed by atoms with Crippen LogP contribution in [0.2, 0.25) is 0 Å². The van der Waals surface area contributed by atoms with Crippen LogP contribution in [-0.2, 0) is 22.6 Å². The van der Waals surface area contributed by atoms with Crippen LogP contribution in [0.5, 0.6) is 0 Å². The molecule has 3 heterocycles. The minimum Gasteiger partial charge on any atom is -0.341 e. The highest BCUT2D eigenvalue weighted by atomic mass is 16.2. The molecule has 1 saturated carbocycles. The largest absolute Gasteiger partial charge is 0.341 e. The Hall–Kier alpha value is -1.89. The lowest BCUT2D eigenvalue weighted by atomic mass is 9.93. The van der Waals surface area contributed by atoms with Crippen LogP contribution in [0, 0.1) is 17.8 Å². The van der Waals surface area contributed by atoms with Crippen molar-refractivity contribution in [1.29, 1.82) is 0 Å². The summed E-state index contributed by atoms with van der Waals surface area (Å²) in [6.07, 6.45) is 10.6. The number of piperazine rings is 1. The molecule has 1 N–H and O–H groups in total. The van der Waals surface area contributed by atoms with Gasteiger partial charge in [-0.15, -0.1) is 0 Å². The second kappa shape index (κ2) is 9.50. The van der Waals surface area contributed by atoms with Gasteiger partial charge in [-0.05, 0) is 49.9 Å². The molecule has 1 atom stereocenters. The van der Waals surface area contributed by atoms with Gasteiger partial charge in [0, 0.05) is 51.5 Å². The van der Waals surface area contributed by atoms with E-state index in [1.54, 1.807) is 4.90 Å². The molecule has 0 bridgehead atoms. The molecule has 7 nitrogen and oxygen atoms in total. The van der Waals surface area contributed by atoms with Gasteiger partial charge in [0.25, 0.3) is 0 Å². The van der Waals surface area contributed by atoms with Gasteiger partial charge in [0.15, 0.2) is 0 Å². The summed E-state index contributed by atoms with van der Waals surface area (Å²) >= 11 is 0. The van der Waals surface area contributed by atoms with Crippen LogP contribution in [0.3, 0.4) is 0 Å². The number of nitrogens with zero attached hydrogens (tertiary/aromatic N) is 4. The second-order valence-corrected chi connectivity index (χ2v) is 9.86. The number of piperidine rings is 1. The number of aromatic nitrogens is 2. The molecule has 3 fully saturated rings. The van der Waals surface area contributed by atoms with E-state index in [-0.39, 0.29) is 24.4 Å². The van der Waals surface area contributed by atoms with Crippen LogP contribution in [0.1, 0.15) is 51.8 Å². The third-order valence-corrected chi connectivity index (χ3v) is 6.81. The predicted octanol–water partition coefficient (Wildman–Crippen LogP) is 1.92. The second-order valence-electron chi connectivity index (χ2n) is 9.86. The van der Waals surface area contributed by atoms with Gasteiger partial charge in [0.2, 0.25) is 11.8 Å². The molecular formula is C23H37N5O2. The molecule has 2 aliphatic heterocycles. The Bertz CT molecular complexity index is 734. The number of carbonyl (C=O) groups is 2. The fourth-order valence-electron chi connectivity index (χ4n) is 4.79. The molecule has 1 aromatic rings. The summed E-state index contributed by atoms with van der Waals surface area (Å²) in [6, 6.07) is -0.142. The van der Waals surface area contributed by atoms with E-state index in [1.807, 2.05) is 11.1 Å². The Kier molecular flexibility index (Phi) is 6.76. The lowest BCUT2D eigenvalue weighted by Crippen LogP contribution is -2.57.